The van der Waals surface area contributed by atoms with E-state index in [-0.39, 0.29) is 23.7 Å². The van der Waals surface area contributed by atoms with Crippen LogP contribution in [0.2, 0.25) is 0 Å². The van der Waals surface area contributed by atoms with Gasteiger partial charge in [-0.3, -0.25) is 0 Å². The minimum Gasteiger partial charge on any atom is -0.489 e. The third-order valence-corrected chi connectivity index (χ3v) is 5.02. The van der Waals surface area contributed by atoms with Gasteiger partial charge in [-0.25, -0.2) is 8.42 Å². The summed E-state index contributed by atoms with van der Waals surface area (Å²) in [4.78, 5) is 0. The Morgan fingerprint density at radius 1 is 1.44 bits per heavy atom. The van der Waals surface area contributed by atoms with E-state index in [1.165, 1.54) is 0 Å². The van der Waals surface area contributed by atoms with Crippen molar-refractivity contribution >= 4 is 9.84 Å². The molecule has 100 valence electrons. The van der Waals surface area contributed by atoms with Crippen LogP contribution in [0, 0.1) is 0 Å². The highest BCUT2D eigenvalue weighted by molar-refractivity contribution is 7.91. The van der Waals surface area contributed by atoms with Crippen molar-refractivity contribution in [3.05, 3.63) is 29.8 Å². The van der Waals surface area contributed by atoms with Crippen molar-refractivity contribution in [2.45, 2.75) is 25.5 Å². The lowest BCUT2D eigenvalue weighted by Crippen LogP contribution is -2.18. The van der Waals surface area contributed by atoms with Crippen LogP contribution in [0.25, 0.3) is 0 Å². The van der Waals surface area contributed by atoms with Crippen LogP contribution in [0.3, 0.4) is 0 Å². The lowest BCUT2D eigenvalue weighted by atomic mass is 10.1. The van der Waals surface area contributed by atoms with E-state index in [1.807, 2.05) is 31.3 Å². The van der Waals surface area contributed by atoms with E-state index in [2.05, 4.69) is 12.2 Å². The smallest absolute Gasteiger partial charge is 0.154 e. The highest BCUT2D eigenvalue weighted by Gasteiger charge is 2.29. The second-order valence-corrected chi connectivity index (χ2v) is 6.95. The molecule has 1 saturated heterocycles. The molecule has 1 N–H and O–H groups in total. The van der Waals surface area contributed by atoms with Gasteiger partial charge >= 0.3 is 0 Å². The van der Waals surface area contributed by atoms with Gasteiger partial charge in [0.2, 0.25) is 0 Å². The van der Waals surface area contributed by atoms with E-state index in [9.17, 15) is 8.42 Å². The molecule has 1 fully saturated rings. The minimum absolute atomic E-state index is 0.138. The standard InChI is InChI=1S/C13H19NO3S/c1-10(14-2)11-4-3-5-12(8-11)17-13-6-7-18(15,16)9-13/h3-5,8,10,13-14H,6-7,9H2,1-2H3. The number of benzene rings is 1. The van der Waals surface area contributed by atoms with Crippen molar-refractivity contribution in [3.63, 3.8) is 0 Å². The molecule has 2 rings (SSSR count). The molecule has 2 unspecified atom stereocenters. The first-order chi connectivity index (χ1) is 8.50. The molecule has 0 amide bonds. The molecule has 1 aromatic rings. The van der Waals surface area contributed by atoms with Crippen LogP contribution in [0.5, 0.6) is 5.75 Å². The second kappa shape index (κ2) is 5.28. The fraction of sp³-hybridized carbons (Fsp3) is 0.538. The normalized spacial score (nSPS) is 23.8. The van der Waals surface area contributed by atoms with E-state index >= 15 is 0 Å². The van der Waals surface area contributed by atoms with E-state index in [0.29, 0.717) is 6.42 Å². The average molecular weight is 269 g/mol. The van der Waals surface area contributed by atoms with Gasteiger partial charge in [-0.05, 0) is 38.1 Å². The van der Waals surface area contributed by atoms with E-state index in [1.54, 1.807) is 0 Å². The van der Waals surface area contributed by atoms with Gasteiger partial charge in [0.25, 0.3) is 0 Å². The summed E-state index contributed by atoms with van der Waals surface area (Å²) in [5.74, 6) is 1.13. The molecule has 5 heteroatoms. The van der Waals surface area contributed by atoms with Gasteiger partial charge in [0.1, 0.15) is 11.9 Å². The Morgan fingerprint density at radius 3 is 2.83 bits per heavy atom. The van der Waals surface area contributed by atoms with Crippen LogP contribution in [0.15, 0.2) is 24.3 Å². The van der Waals surface area contributed by atoms with Gasteiger partial charge in [-0.2, -0.15) is 0 Å². The van der Waals surface area contributed by atoms with Gasteiger partial charge in [-0.15, -0.1) is 0 Å². The van der Waals surface area contributed by atoms with Crippen LogP contribution in [-0.2, 0) is 9.84 Å². The molecule has 0 bridgehead atoms. The quantitative estimate of drug-likeness (QED) is 0.900. The summed E-state index contributed by atoms with van der Waals surface area (Å²) in [5, 5.41) is 3.16. The zero-order chi connectivity index (χ0) is 13.2. The number of hydrogen-bond acceptors (Lipinski definition) is 4. The lowest BCUT2D eigenvalue weighted by Gasteiger charge is -2.15. The van der Waals surface area contributed by atoms with Crippen LogP contribution in [0.4, 0.5) is 0 Å². The molecule has 4 nitrogen and oxygen atoms in total. The second-order valence-electron chi connectivity index (χ2n) is 4.73. The molecule has 0 saturated carbocycles. The summed E-state index contributed by atoms with van der Waals surface area (Å²) in [6, 6.07) is 8.05. The summed E-state index contributed by atoms with van der Waals surface area (Å²) >= 11 is 0. The van der Waals surface area contributed by atoms with Crippen molar-refractivity contribution in [1.82, 2.24) is 5.32 Å². The monoisotopic (exact) mass is 269 g/mol. The first-order valence-electron chi connectivity index (χ1n) is 6.14. The summed E-state index contributed by atoms with van der Waals surface area (Å²) in [6.07, 6.45) is 0.392. The van der Waals surface area contributed by atoms with Crippen molar-refractivity contribution in [1.29, 1.82) is 0 Å². The van der Waals surface area contributed by atoms with Gasteiger partial charge < -0.3 is 10.1 Å². The van der Waals surface area contributed by atoms with Crippen LogP contribution >= 0.6 is 0 Å². The average Bonchev–Trinajstić information content (AvgIpc) is 2.68. The maximum absolute atomic E-state index is 11.4. The Labute approximate surface area is 108 Å². The molecular weight excluding hydrogens is 250 g/mol. The summed E-state index contributed by atoms with van der Waals surface area (Å²) in [6.45, 7) is 2.07. The topological polar surface area (TPSA) is 55.4 Å². The Kier molecular flexibility index (Phi) is 3.92. The molecule has 1 aliphatic heterocycles. The third-order valence-electron chi connectivity index (χ3n) is 3.28. The number of sulfone groups is 1. The maximum Gasteiger partial charge on any atom is 0.154 e. The van der Waals surface area contributed by atoms with Gasteiger partial charge in [0, 0.05) is 6.04 Å². The number of rotatable bonds is 4. The Balaban J connectivity index is 2.06. The molecule has 1 aliphatic rings. The molecular formula is C13H19NO3S. The fourth-order valence-corrected chi connectivity index (χ4v) is 3.66. The Bertz CT molecular complexity index is 513. The number of ether oxygens (including phenoxy) is 1. The van der Waals surface area contributed by atoms with Crippen molar-refractivity contribution in [2.24, 2.45) is 0 Å². The lowest BCUT2D eigenvalue weighted by molar-refractivity contribution is 0.228. The molecule has 0 radical (unpaired) electrons. The Hall–Kier alpha value is -1.07. The number of nitrogens with one attached hydrogen (secondary N) is 1. The van der Waals surface area contributed by atoms with Crippen LogP contribution in [-0.4, -0.2) is 33.1 Å². The zero-order valence-corrected chi connectivity index (χ0v) is 11.5. The predicted molar refractivity (Wildman–Crippen MR) is 71.6 cm³/mol. The van der Waals surface area contributed by atoms with E-state index < -0.39 is 9.84 Å². The molecule has 2 atom stereocenters. The molecule has 1 heterocycles. The van der Waals surface area contributed by atoms with E-state index in [0.717, 1.165) is 11.3 Å². The molecule has 0 spiro atoms. The largest absolute Gasteiger partial charge is 0.489 e. The molecule has 0 aromatic heterocycles. The van der Waals surface area contributed by atoms with E-state index in [4.69, 9.17) is 4.74 Å². The predicted octanol–water partition coefficient (Wildman–Crippen LogP) is 1.53. The highest BCUT2D eigenvalue weighted by Crippen LogP contribution is 2.23. The van der Waals surface area contributed by atoms with Gasteiger partial charge in [0.05, 0.1) is 11.5 Å². The minimum atomic E-state index is -2.88. The number of hydrogen-bond donors (Lipinski definition) is 1. The SMILES string of the molecule is CNC(C)c1cccc(OC2CCS(=O)(=O)C2)c1. The van der Waals surface area contributed by atoms with Crippen LogP contribution < -0.4 is 10.1 Å². The highest BCUT2D eigenvalue weighted by atomic mass is 32.2. The fourth-order valence-electron chi connectivity index (χ4n) is 2.07. The zero-order valence-electron chi connectivity index (χ0n) is 10.7. The first-order valence-corrected chi connectivity index (χ1v) is 7.96. The summed E-state index contributed by atoms with van der Waals surface area (Å²) in [7, 11) is -0.980. The summed E-state index contributed by atoms with van der Waals surface area (Å²) in [5.41, 5.74) is 1.14. The third kappa shape index (κ3) is 3.23. The van der Waals surface area contributed by atoms with Crippen molar-refractivity contribution < 1.29 is 13.2 Å². The molecule has 18 heavy (non-hydrogen) atoms. The van der Waals surface area contributed by atoms with Crippen molar-refractivity contribution in [2.75, 3.05) is 18.6 Å². The summed E-state index contributed by atoms with van der Waals surface area (Å²) < 4.78 is 28.5. The van der Waals surface area contributed by atoms with Gasteiger partial charge in [-0.1, -0.05) is 12.1 Å². The first kappa shape index (κ1) is 13.4. The maximum atomic E-state index is 11.4. The van der Waals surface area contributed by atoms with Gasteiger partial charge in [0.15, 0.2) is 9.84 Å². The van der Waals surface area contributed by atoms with Crippen molar-refractivity contribution in [3.8, 4) is 5.75 Å². The molecule has 1 aromatic carbocycles. The molecule has 0 aliphatic carbocycles. The van der Waals surface area contributed by atoms with Crippen LogP contribution in [0.1, 0.15) is 24.9 Å². The Morgan fingerprint density at radius 2 is 2.22 bits per heavy atom.